The monoisotopic (exact) mass is 432 g/mol. The summed E-state index contributed by atoms with van der Waals surface area (Å²) in [5, 5.41) is 14.5. The third-order valence-corrected chi connectivity index (χ3v) is 5.16. The SMILES string of the molecule is C[C@@H](C=Cc1cnc(Oc2ccc(OCC3CC3)cc2Cl)s1)NC(=O)NCC#N. The zero-order valence-corrected chi connectivity index (χ0v) is 17.4. The zero-order chi connectivity index (χ0) is 20.6. The van der Waals surface area contributed by atoms with Crippen molar-refractivity contribution in [3.05, 3.63) is 40.4 Å². The topological polar surface area (TPSA) is 96.3 Å². The number of benzene rings is 1. The van der Waals surface area contributed by atoms with Crippen molar-refractivity contribution < 1.29 is 14.3 Å². The molecule has 29 heavy (non-hydrogen) atoms. The molecule has 0 aliphatic heterocycles. The van der Waals surface area contributed by atoms with Gasteiger partial charge in [-0.1, -0.05) is 29.0 Å². The fraction of sp³-hybridized carbons (Fsp3) is 0.350. The average molecular weight is 433 g/mol. The Morgan fingerprint density at radius 3 is 3.07 bits per heavy atom. The maximum Gasteiger partial charge on any atom is 0.316 e. The Kier molecular flexibility index (Phi) is 7.33. The second-order valence-electron chi connectivity index (χ2n) is 6.61. The summed E-state index contributed by atoms with van der Waals surface area (Å²) in [6.45, 7) is 2.52. The fourth-order valence-electron chi connectivity index (χ4n) is 2.31. The van der Waals surface area contributed by atoms with E-state index in [0.29, 0.717) is 21.9 Å². The molecule has 0 spiro atoms. The van der Waals surface area contributed by atoms with Gasteiger partial charge >= 0.3 is 6.03 Å². The molecule has 2 aromatic rings. The number of aromatic nitrogens is 1. The second kappa shape index (κ2) is 10.1. The van der Waals surface area contributed by atoms with Crippen molar-refractivity contribution in [2.45, 2.75) is 25.8 Å². The van der Waals surface area contributed by atoms with Gasteiger partial charge in [0.15, 0.2) is 0 Å². The highest BCUT2D eigenvalue weighted by Crippen LogP contribution is 2.35. The highest BCUT2D eigenvalue weighted by atomic mass is 35.5. The van der Waals surface area contributed by atoms with Crippen molar-refractivity contribution in [3.63, 3.8) is 0 Å². The van der Waals surface area contributed by atoms with Gasteiger partial charge in [0.25, 0.3) is 5.19 Å². The van der Waals surface area contributed by atoms with Crippen LogP contribution in [-0.2, 0) is 0 Å². The van der Waals surface area contributed by atoms with Crippen molar-refractivity contribution in [3.8, 4) is 22.8 Å². The molecule has 1 saturated carbocycles. The Labute approximate surface area is 178 Å². The summed E-state index contributed by atoms with van der Waals surface area (Å²) in [5.74, 6) is 1.92. The van der Waals surface area contributed by atoms with Crippen LogP contribution >= 0.6 is 22.9 Å². The van der Waals surface area contributed by atoms with Gasteiger partial charge in [0.05, 0.1) is 22.6 Å². The molecule has 7 nitrogen and oxygen atoms in total. The first-order valence-electron chi connectivity index (χ1n) is 9.19. The number of urea groups is 1. The first kappa shape index (κ1) is 21.0. The van der Waals surface area contributed by atoms with Gasteiger partial charge in [-0.3, -0.25) is 0 Å². The molecule has 152 valence electrons. The summed E-state index contributed by atoms with van der Waals surface area (Å²) in [4.78, 5) is 16.6. The minimum absolute atomic E-state index is 0.0337. The minimum Gasteiger partial charge on any atom is -0.493 e. The maximum absolute atomic E-state index is 11.5. The quantitative estimate of drug-likeness (QED) is 0.564. The Morgan fingerprint density at radius 1 is 1.52 bits per heavy atom. The number of thiazole rings is 1. The van der Waals surface area contributed by atoms with Gasteiger partial charge in [0.1, 0.15) is 18.0 Å². The number of nitrogens with zero attached hydrogens (tertiary/aromatic N) is 2. The number of carbonyl (C=O) groups is 1. The van der Waals surface area contributed by atoms with Crippen molar-refractivity contribution in [1.29, 1.82) is 5.26 Å². The molecule has 2 amide bonds. The number of ether oxygens (including phenoxy) is 2. The summed E-state index contributed by atoms with van der Waals surface area (Å²) in [6.07, 6.45) is 7.82. The van der Waals surface area contributed by atoms with Gasteiger partial charge in [-0.05, 0) is 43.9 Å². The average Bonchev–Trinajstić information content (AvgIpc) is 3.42. The van der Waals surface area contributed by atoms with Gasteiger partial charge in [0, 0.05) is 18.3 Å². The Morgan fingerprint density at radius 2 is 2.34 bits per heavy atom. The van der Waals surface area contributed by atoms with Crippen molar-refractivity contribution in [2.75, 3.05) is 13.2 Å². The summed E-state index contributed by atoms with van der Waals surface area (Å²) in [6, 6.07) is 6.60. The molecular weight excluding hydrogens is 412 g/mol. The zero-order valence-electron chi connectivity index (χ0n) is 15.9. The Balaban J connectivity index is 1.51. The molecular formula is C20H21ClN4O3S. The standard InChI is InChI=1S/C20H21ClN4O3S/c1-13(25-19(26)23-9-8-22)2-6-16-11-24-20(29-16)28-18-7-5-15(10-17(18)21)27-12-14-3-4-14/h2,5-7,10-11,13-14H,3-4,9,12H2,1H3,(H2,23,25,26)/t13-/m0/s1. The van der Waals surface area contributed by atoms with E-state index < -0.39 is 6.03 Å². The Bertz CT molecular complexity index is 921. The lowest BCUT2D eigenvalue weighted by atomic mass is 10.3. The van der Waals surface area contributed by atoms with Gasteiger partial charge < -0.3 is 20.1 Å². The molecule has 9 heteroatoms. The van der Waals surface area contributed by atoms with Crippen LogP contribution in [0.3, 0.4) is 0 Å². The smallest absolute Gasteiger partial charge is 0.316 e. The number of amides is 2. The van der Waals surface area contributed by atoms with E-state index in [4.69, 9.17) is 26.3 Å². The third-order valence-electron chi connectivity index (χ3n) is 4.02. The van der Waals surface area contributed by atoms with E-state index in [9.17, 15) is 4.79 Å². The molecule has 2 N–H and O–H groups in total. The van der Waals surface area contributed by atoms with E-state index in [-0.39, 0.29) is 12.6 Å². The lowest BCUT2D eigenvalue weighted by molar-refractivity contribution is 0.240. The normalized spacial score (nSPS) is 14.2. The van der Waals surface area contributed by atoms with Crippen LogP contribution in [0.15, 0.2) is 30.5 Å². The molecule has 0 unspecified atom stereocenters. The molecule has 1 aromatic heterocycles. The third kappa shape index (κ3) is 6.97. The molecule has 0 radical (unpaired) electrons. The summed E-state index contributed by atoms with van der Waals surface area (Å²) >= 11 is 7.65. The summed E-state index contributed by atoms with van der Waals surface area (Å²) in [7, 11) is 0. The van der Waals surface area contributed by atoms with E-state index in [0.717, 1.165) is 17.2 Å². The highest BCUT2D eigenvalue weighted by molar-refractivity contribution is 7.14. The van der Waals surface area contributed by atoms with Crippen LogP contribution in [0.25, 0.3) is 6.08 Å². The summed E-state index contributed by atoms with van der Waals surface area (Å²) < 4.78 is 11.5. The van der Waals surface area contributed by atoms with Gasteiger partial charge in [-0.2, -0.15) is 5.26 Å². The second-order valence-corrected chi connectivity index (χ2v) is 8.04. The number of halogens is 1. The van der Waals surface area contributed by atoms with Crippen LogP contribution in [0.1, 0.15) is 24.6 Å². The first-order chi connectivity index (χ1) is 14.0. The number of rotatable bonds is 9. The lowest BCUT2D eigenvalue weighted by Gasteiger charge is -2.09. The molecule has 1 heterocycles. The van der Waals surface area contributed by atoms with Gasteiger partial charge in [-0.15, -0.1) is 0 Å². The van der Waals surface area contributed by atoms with Crippen LogP contribution in [0.2, 0.25) is 5.02 Å². The number of nitrogens with one attached hydrogen (secondary N) is 2. The van der Waals surface area contributed by atoms with Gasteiger partial charge in [0.2, 0.25) is 0 Å². The van der Waals surface area contributed by atoms with Crippen molar-refractivity contribution in [2.24, 2.45) is 5.92 Å². The van der Waals surface area contributed by atoms with E-state index in [1.165, 1.54) is 24.2 Å². The summed E-state index contributed by atoms with van der Waals surface area (Å²) in [5.41, 5.74) is 0. The molecule has 0 saturated heterocycles. The predicted molar refractivity (Wildman–Crippen MR) is 113 cm³/mol. The van der Waals surface area contributed by atoms with E-state index in [1.807, 2.05) is 31.2 Å². The predicted octanol–water partition coefficient (Wildman–Crippen LogP) is 4.60. The number of hydrogen-bond donors (Lipinski definition) is 2. The van der Waals surface area contributed by atoms with Crippen LogP contribution in [0, 0.1) is 17.2 Å². The minimum atomic E-state index is -0.392. The van der Waals surface area contributed by atoms with Crippen LogP contribution in [-0.4, -0.2) is 30.2 Å². The molecule has 1 aliphatic carbocycles. The molecule has 0 bridgehead atoms. The molecule has 1 atom stereocenters. The number of nitriles is 1. The maximum atomic E-state index is 11.5. The largest absolute Gasteiger partial charge is 0.493 e. The highest BCUT2D eigenvalue weighted by Gasteiger charge is 2.22. The molecule has 1 aromatic carbocycles. The van der Waals surface area contributed by atoms with Crippen LogP contribution < -0.4 is 20.1 Å². The lowest BCUT2D eigenvalue weighted by Crippen LogP contribution is -2.40. The number of hydrogen-bond acceptors (Lipinski definition) is 6. The first-order valence-corrected chi connectivity index (χ1v) is 10.4. The fourth-order valence-corrected chi connectivity index (χ4v) is 3.21. The van der Waals surface area contributed by atoms with Gasteiger partial charge in [-0.25, -0.2) is 9.78 Å². The van der Waals surface area contributed by atoms with E-state index >= 15 is 0 Å². The van der Waals surface area contributed by atoms with E-state index in [2.05, 4.69) is 15.6 Å². The molecule has 3 rings (SSSR count). The number of carbonyl (C=O) groups excluding carboxylic acids is 1. The Hall–Kier alpha value is -2.76. The molecule has 1 fully saturated rings. The molecule has 1 aliphatic rings. The van der Waals surface area contributed by atoms with Crippen molar-refractivity contribution in [1.82, 2.24) is 15.6 Å². The van der Waals surface area contributed by atoms with Crippen molar-refractivity contribution >= 4 is 35.0 Å². The van der Waals surface area contributed by atoms with E-state index in [1.54, 1.807) is 18.3 Å². The van der Waals surface area contributed by atoms with Crippen LogP contribution in [0.4, 0.5) is 4.79 Å². The van der Waals surface area contributed by atoms with Crippen LogP contribution in [0.5, 0.6) is 16.7 Å².